The fourth-order valence-electron chi connectivity index (χ4n) is 4.93. The summed E-state index contributed by atoms with van der Waals surface area (Å²) in [6.07, 6.45) is 4.71. The lowest BCUT2D eigenvalue weighted by atomic mass is 9.72. The Labute approximate surface area is 201 Å². The number of anilines is 1. The van der Waals surface area contributed by atoms with Crippen molar-refractivity contribution in [1.82, 2.24) is 0 Å². The smallest absolute Gasteiger partial charge is 0.191 e. The van der Waals surface area contributed by atoms with E-state index in [1.165, 1.54) is 0 Å². The quantitative estimate of drug-likeness (QED) is 0.553. The molecule has 6 heteroatoms. The summed E-state index contributed by atoms with van der Waals surface area (Å²) in [5, 5.41) is 10.2. The van der Waals surface area contributed by atoms with Crippen molar-refractivity contribution in [3.63, 3.8) is 0 Å². The van der Waals surface area contributed by atoms with E-state index in [0.717, 1.165) is 27.0 Å². The van der Waals surface area contributed by atoms with E-state index in [2.05, 4.69) is 39.1 Å². The van der Waals surface area contributed by atoms with Crippen molar-refractivity contribution >= 4 is 27.4 Å². The number of aromatic amines is 1. The van der Waals surface area contributed by atoms with Crippen molar-refractivity contribution < 1.29 is 9.78 Å². The van der Waals surface area contributed by atoms with Gasteiger partial charge in [-0.25, -0.2) is 4.98 Å². The molecular weight excluding hydrogens is 476 g/mol. The number of ketones is 1. The molecule has 33 heavy (non-hydrogen) atoms. The van der Waals surface area contributed by atoms with Gasteiger partial charge in [0, 0.05) is 28.2 Å². The highest BCUT2D eigenvalue weighted by molar-refractivity contribution is 9.10. The normalized spacial score (nSPS) is 20.5. The monoisotopic (exact) mass is 497 g/mol. The zero-order valence-corrected chi connectivity index (χ0v) is 19.4. The zero-order chi connectivity index (χ0) is 22.9. The number of hydrogen-bond donors (Lipinski definition) is 1. The second-order valence-corrected chi connectivity index (χ2v) is 9.21. The molecule has 0 spiro atoms. The minimum atomic E-state index is -0.490. The van der Waals surface area contributed by atoms with Gasteiger partial charge in [0.25, 0.3) is 0 Å². The molecule has 2 aliphatic rings. The molecule has 5 rings (SSSR count). The number of nitriles is 1. The van der Waals surface area contributed by atoms with Crippen LogP contribution >= 0.6 is 15.9 Å². The van der Waals surface area contributed by atoms with Crippen molar-refractivity contribution in [1.29, 1.82) is 5.26 Å². The largest absolute Gasteiger partial charge is 0.384 e. The molecule has 3 N–H and O–H groups in total. The summed E-state index contributed by atoms with van der Waals surface area (Å²) in [6.45, 7) is 0. The van der Waals surface area contributed by atoms with Crippen LogP contribution in [0.1, 0.15) is 35.8 Å². The predicted molar refractivity (Wildman–Crippen MR) is 130 cm³/mol. The average Bonchev–Trinajstić information content (AvgIpc) is 2.84. The van der Waals surface area contributed by atoms with Gasteiger partial charge >= 0.3 is 0 Å². The van der Waals surface area contributed by atoms with E-state index in [9.17, 15) is 10.1 Å². The fraction of sp³-hybridized carbons (Fsp3) is 0.148. The Bertz CT molecular complexity index is 1320. The molecule has 0 radical (unpaired) electrons. The molecule has 3 aromatic rings. The number of H-pyrrole nitrogens is 1. The number of Topliss-reactive ketones (excluding diaryl/α,β-unsaturated/α-hetero) is 1. The Morgan fingerprint density at radius 1 is 1.03 bits per heavy atom. The lowest BCUT2D eigenvalue weighted by molar-refractivity contribution is -0.377. The standard InChI is InChI=1S/C27H21BrN4O/c28-20-9-4-8-18(12-20)25-22(15-29)27(30)32(21-10-5-11-31-16-21)23-13-19(14-24(33)26(23)25)17-6-2-1-3-7-17/h1-12,16,19,25H,13-14,30H2/p+1. The number of rotatable bonds is 3. The number of carbonyl (C=O) groups excluding carboxylic acids is 1. The Hall–Kier alpha value is -3.69. The molecular formula is C27H22BrN4O+. The Morgan fingerprint density at radius 3 is 2.52 bits per heavy atom. The first kappa shape index (κ1) is 21.2. The highest BCUT2D eigenvalue weighted by atomic mass is 79.9. The van der Waals surface area contributed by atoms with E-state index in [0.29, 0.717) is 29.8 Å². The highest BCUT2D eigenvalue weighted by Gasteiger charge is 2.43. The number of hydrogen-bond acceptors (Lipinski definition) is 4. The van der Waals surface area contributed by atoms with Gasteiger partial charge in [0.05, 0.1) is 17.6 Å². The molecule has 2 atom stereocenters. The molecule has 0 amide bonds. The molecule has 1 aromatic heterocycles. The van der Waals surface area contributed by atoms with Crippen molar-refractivity contribution in [2.45, 2.75) is 24.7 Å². The van der Waals surface area contributed by atoms with Crippen LogP contribution in [-0.4, -0.2) is 5.78 Å². The van der Waals surface area contributed by atoms with E-state index in [4.69, 9.17) is 5.73 Å². The number of nitrogens with zero attached hydrogens (tertiary/aromatic N) is 2. The van der Waals surface area contributed by atoms with Crippen molar-refractivity contribution in [2.24, 2.45) is 5.73 Å². The van der Waals surface area contributed by atoms with Crippen LogP contribution in [0, 0.1) is 11.3 Å². The van der Waals surface area contributed by atoms with E-state index < -0.39 is 5.92 Å². The van der Waals surface area contributed by atoms with Crippen LogP contribution in [0.4, 0.5) is 5.69 Å². The Balaban J connectivity index is 1.73. The number of nitrogens with one attached hydrogen (secondary N) is 1. The predicted octanol–water partition coefficient (Wildman–Crippen LogP) is 4.96. The first-order valence-corrected chi connectivity index (χ1v) is 11.6. The topological polar surface area (TPSA) is 84.3 Å². The maximum Gasteiger partial charge on any atom is 0.191 e. The maximum absolute atomic E-state index is 13.7. The van der Waals surface area contributed by atoms with Gasteiger partial charge < -0.3 is 5.73 Å². The first-order valence-electron chi connectivity index (χ1n) is 10.8. The summed E-state index contributed by atoms with van der Waals surface area (Å²) in [7, 11) is 0. The number of allylic oxidation sites excluding steroid dienone is 3. The van der Waals surface area contributed by atoms with Crippen LogP contribution < -0.4 is 15.6 Å². The van der Waals surface area contributed by atoms with Crippen LogP contribution in [0.3, 0.4) is 0 Å². The van der Waals surface area contributed by atoms with Crippen molar-refractivity contribution in [3.8, 4) is 6.07 Å². The van der Waals surface area contributed by atoms with Crippen molar-refractivity contribution in [2.75, 3.05) is 4.90 Å². The Kier molecular flexibility index (Phi) is 5.57. The number of pyridine rings is 1. The fourth-order valence-corrected chi connectivity index (χ4v) is 5.34. The summed E-state index contributed by atoms with van der Waals surface area (Å²) in [5.74, 6) is -0.0227. The van der Waals surface area contributed by atoms with Gasteiger partial charge in [0.2, 0.25) is 0 Å². The molecule has 1 aliphatic carbocycles. The minimum Gasteiger partial charge on any atom is -0.384 e. The molecule has 162 valence electrons. The molecule has 5 nitrogen and oxygen atoms in total. The van der Waals surface area contributed by atoms with Gasteiger partial charge in [0.1, 0.15) is 11.5 Å². The molecule has 0 saturated carbocycles. The van der Waals surface area contributed by atoms with Crippen LogP contribution in [0.2, 0.25) is 0 Å². The molecule has 2 heterocycles. The van der Waals surface area contributed by atoms with E-state index in [1.807, 2.05) is 71.9 Å². The number of nitrogens with two attached hydrogens (primary N) is 1. The highest BCUT2D eigenvalue weighted by Crippen LogP contribution is 2.49. The lowest BCUT2D eigenvalue weighted by Crippen LogP contribution is -2.40. The van der Waals surface area contributed by atoms with Gasteiger partial charge in [0.15, 0.2) is 18.2 Å². The molecule has 2 unspecified atom stereocenters. The second-order valence-electron chi connectivity index (χ2n) is 8.30. The van der Waals surface area contributed by atoms with Crippen LogP contribution in [-0.2, 0) is 4.79 Å². The SMILES string of the molecule is N#CC1=C(N)N(c2ccc[nH+]c2)C2=C(C(=O)CC(c3ccccc3)C2)C1c1cccc(Br)c1. The minimum absolute atomic E-state index is 0.0484. The van der Waals surface area contributed by atoms with Crippen LogP contribution in [0.5, 0.6) is 0 Å². The Morgan fingerprint density at radius 2 is 1.82 bits per heavy atom. The van der Waals surface area contributed by atoms with E-state index in [1.54, 1.807) is 0 Å². The summed E-state index contributed by atoms with van der Waals surface area (Å²) in [4.78, 5) is 18.7. The first-order chi connectivity index (χ1) is 16.1. The number of aromatic nitrogens is 1. The van der Waals surface area contributed by atoms with Gasteiger partial charge in [-0.2, -0.15) is 5.26 Å². The second kappa shape index (κ2) is 8.68. The molecule has 0 fully saturated rings. The van der Waals surface area contributed by atoms with E-state index >= 15 is 0 Å². The van der Waals surface area contributed by atoms with Gasteiger partial charge in [-0.3, -0.25) is 9.69 Å². The van der Waals surface area contributed by atoms with Crippen LogP contribution in [0.25, 0.3) is 0 Å². The van der Waals surface area contributed by atoms with Gasteiger partial charge in [-0.15, -0.1) is 0 Å². The zero-order valence-electron chi connectivity index (χ0n) is 17.8. The molecule has 0 bridgehead atoms. The summed E-state index contributed by atoms with van der Waals surface area (Å²) < 4.78 is 0.892. The van der Waals surface area contributed by atoms with Gasteiger partial charge in [-0.05, 0) is 41.7 Å². The lowest BCUT2D eigenvalue weighted by Gasteiger charge is -2.41. The third-order valence-corrected chi connectivity index (χ3v) is 6.86. The summed E-state index contributed by atoms with van der Waals surface area (Å²) in [6, 6.07) is 24.0. The number of benzene rings is 2. The van der Waals surface area contributed by atoms with Crippen molar-refractivity contribution in [3.05, 3.63) is 117 Å². The summed E-state index contributed by atoms with van der Waals surface area (Å²) in [5.41, 5.74) is 11.4. The molecule has 2 aromatic carbocycles. The number of carbonyl (C=O) groups is 1. The summed E-state index contributed by atoms with van der Waals surface area (Å²) >= 11 is 3.53. The molecule has 0 saturated heterocycles. The number of halogens is 1. The van der Waals surface area contributed by atoms with E-state index in [-0.39, 0.29) is 11.7 Å². The average molecular weight is 498 g/mol. The van der Waals surface area contributed by atoms with Gasteiger partial charge in [-0.1, -0.05) is 58.4 Å². The maximum atomic E-state index is 13.7. The third-order valence-electron chi connectivity index (χ3n) is 6.37. The third kappa shape index (κ3) is 3.75. The van der Waals surface area contributed by atoms with Crippen LogP contribution in [0.15, 0.2) is 106 Å². The molecule has 1 aliphatic heterocycles.